The lowest BCUT2D eigenvalue weighted by Gasteiger charge is -2.28. The minimum Gasteiger partial charge on any atom is -0.378 e. The first-order valence-electron chi connectivity index (χ1n) is 10.0. The fourth-order valence-corrected chi connectivity index (χ4v) is 4.24. The van der Waals surface area contributed by atoms with Gasteiger partial charge >= 0.3 is 6.03 Å². The molecule has 28 heavy (non-hydrogen) atoms. The van der Waals surface area contributed by atoms with Crippen LogP contribution in [-0.2, 0) is 16.1 Å². The number of imide groups is 1. The summed E-state index contributed by atoms with van der Waals surface area (Å²) in [4.78, 5) is 26.3. The van der Waals surface area contributed by atoms with Crippen LogP contribution in [0.2, 0.25) is 0 Å². The third-order valence-electron chi connectivity index (χ3n) is 4.81. The molecule has 156 valence electrons. The van der Waals surface area contributed by atoms with E-state index in [-0.39, 0.29) is 17.7 Å². The van der Waals surface area contributed by atoms with Crippen molar-refractivity contribution < 1.29 is 14.3 Å². The predicted octanol–water partition coefficient (Wildman–Crippen LogP) is 1.63. The molecule has 1 aromatic heterocycles. The number of carbonyl (C=O) groups excluding carboxylic acids is 2. The van der Waals surface area contributed by atoms with Crippen LogP contribution in [0.1, 0.15) is 39.5 Å². The van der Waals surface area contributed by atoms with Gasteiger partial charge in [-0.3, -0.25) is 14.7 Å². The molecule has 9 nitrogen and oxygen atoms in total. The molecule has 1 saturated carbocycles. The molecule has 1 aliphatic heterocycles. The van der Waals surface area contributed by atoms with Crippen molar-refractivity contribution in [2.45, 2.75) is 57.3 Å². The topological polar surface area (TPSA) is 101 Å². The van der Waals surface area contributed by atoms with E-state index in [9.17, 15) is 9.59 Å². The number of urea groups is 1. The van der Waals surface area contributed by atoms with Crippen molar-refractivity contribution in [1.29, 1.82) is 0 Å². The number of ether oxygens (including phenoxy) is 1. The van der Waals surface area contributed by atoms with Gasteiger partial charge < -0.3 is 15.0 Å². The maximum atomic E-state index is 12.2. The molecule has 0 unspecified atom stereocenters. The number of aromatic nitrogens is 3. The van der Waals surface area contributed by atoms with Gasteiger partial charge in [-0.15, -0.1) is 10.2 Å². The number of hydrogen-bond acceptors (Lipinski definition) is 7. The fraction of sp³-hybridized carbons (Fsp3) is 0.778. The smallest absolute Gasteiger partial charge is 0.321 e. The Kier molecular flexibility index (Phi) is 7.55. The Morgan fingerprint density at radius 3 is 2.61 bits per heavy atom. The summed E-state index contributed by atoms with van der Waals surface area (Å²) in [6.07, 6.45) is 4.23. The van der Waals surface area contributed by atoms with Gasteiger partial charge in [0.05, 0.1) is 19.0 Å². The van der Waals surface area contributed by atoms with Gasteiger partial charge in [0.1, 0.15) is 0 Å². The predicted molar refractivity (Wildman–Crippen MR) is 108 cm³/mol. The molecule has 2 heterocycles. The number of carbonyl (C=O) groups is 2. The van der Waals surface area contributed by atoms with Crippen LogP contribution in [-0.4, -0.2) is 64.8 Å². The van der Waals surface area contributed by atoms with E-state index in [0.717, 1.165) is 51.3 Å². The molecule has 0 radical (unpaired) electrons. The Labute approximate surface area is 170 Å². The molecular formula is C18H30N6O3S. The van der Waals surface area contributed by atoms with Gasteiger partial charge in [0.25, 0.3) is 0 Å². The van der Waals surface area contributed by atoms with Crippen LogP contribution >= 0.6 is 11.8 Å². The van der Waals surface area contributed by atoms with Crippen molar-refractivity contribution in [3.05, 3.63) is 0 Å². The van der Waals surface area contributed by atoms with E-state index in [4.69, 9.17) is 4.74 Å². The van der Waals surface area contributed by atoms with Crippen molar-refractivity contribution in [3.63, 3.8) is 0 Å². The Balaban J connectivity index is 1.55. The molecule has 0 atom stereocenters. The summed E-state index contributed by atoms with van der Waals surface area (Å²) in [5, 5.41) is 14.6. The van der Waals surface area contributed by atoms with Gasteiger partial charge in [-0.1, -0.05) is 38.5 Å². The lowest BCUT2D eigenvalue weighted by molar-refractivity contribution is -0.117. The van der Waals surface area contributed by atoms with E-state index in [0.29, 0.717) is 24.3 Å². The molecule has 2 N–H and O–H groups in total. The molecule has 3 rings (SSSR count). The molecule has 0 aromatic carbocycles. The van der Waals surface area contributed by atoms with E-state index in [1.54, 1.807) is 0 Å². The number of nitrogens with one attached hydrogen (secondary N) is 2. The molecule has 0 bridgehead atoms. The number of nitrogens with zero attached hydrogens (tertiary/aromatic N) is 4. The maximum absolute atomic E-state index is 12.2. The summed E-state index contributed by atoms with van der Waals surface area (Å²) >= 11 is 1.31. The summed E-state index contributed by atoms with van der Waals surface area (Å²) in [6.45, 7) is 7.96. The van der Waals surface area contributed by atoms with Crippen molar-refractivity contribution >= 4 is 29.6 Å². The van der Waals surface area contributed by atoms with Crippen molar-refractivity contribution in [3.8, 4) is 0 Å². The quantitative estimate of drug-likeness (QED) is 0.659. The SMILES string of the molecule is CC(C)Cn1c(SCC(=O)NC(=O)NC2CCCC2)nnc1N1CCOCC1. The number of morpholine rings is 1. The summed E-state index contributed by atoms with van der Waals surface area (Å²) < 4.78 is 7.48. The van der Waals surface area contributed by atoms with Crippen LogP contribution in [0.5, 0.6) is 0 Å². The van der Waals surface area contributed by atoms with Crippen molar-refractivity contribution in [2.75, 3.05) is 37.0 Å². The third-order valence-corrected chi connectivity index (χ3v) is 5.78. The van der Waals surface area contributed by atoms with Gasteiger partial charge in [0, 0.05) is 25.7 Å². The number of rotatable bonds is 7. The summed E-state index contributed by atoms with van der Waals surface area (Å²) in [5.41, 5.74) is 0. The zero-order valence-electron chi connectivity index (χ0n) is 16.6. The van der Waals surface area contributed by atoms with Crippen LogP contribution in [0.25, 0.3) is 0 Å². The summed E-state index contributed by atoms with van der Waals surface area (Å²) in [6, 6.07) is -0.221. The molecule has 2 fully saturated rings. The number of anilines is 1. The zero-order chi connectivity index (χ0) is 19.9. The fourth-order valence-electron chi connectivity index (χ4n) is 3.49. The Morgan fingerprint density at radius 1 is 1.21 bits per heavy atom. The van der Waals surface area contributed by atoms with Crippen molar-refractivity contribution in [2.24, 2.45) is 5.92 Å². The van der Waals surface area contributed by atoms with Gasteiger partial charge in [-0.05, 0) is 18.8 Å². The number of thioether (sulfide) groups is 1. The molecule has 1 aliphatic carbocycles. The van der Waals surface area contributed by atoms with Crippen LogP contribution < -0.4 is 15.5 Å². The second kappa shape index (κ2) is 10.1. The molecular weight excluding hydrogens is 380 g/mol. The number of amides is 3. The standard InChI is InChI=1S/C18H30N6O3S/c1-13(2)11-24-17(23-7-9-27-10-8-23)21-22-18(24)28-12-15(25)20-16(26)19-14-5-3-4-6-14/h13-14H,3-12H2,1-2H3,(H2,19,20,25,26). The van der Waals surface area contributed by atoms with Crippen LogP contribution in [0.15, 0.2) is 5.16 Å². The van der Waals surface area contributed by atoms with Crippen LogP contribution in [0, 0.1) is 5.92 Å². The highest BCUT2D eigenvalue weighted by Crippen LogP contribution is 2.24. The minimum absolute atomic E-state index is 0.122. The summed E-state index contributed by atoms with van der Waals surface area (Å²) in [5.74, 6) is 1.03. The van der Waals surface area contributed by atoms with Gasteiger partial charge in [0.15, 0.2) is 5.16 Å². The highest BCUT2D eigenvalue weighted by atomic mass is 32.2. The van der Waals surface area contributed by atoms with Gasteiger partial charge in [-0.2, -0.15) is 0 Å². The average Bonchev–Trinajstić information content (AvgIpc) is 3.30. The molecule has 0 spiro atoms. The minimum atomic E-state index is -0.407. The van der Waals surface area contributed by atoms with E-state index in [1.165, 1.54) is 11.8 Å². The van der Waals surface area contributed by atoms with Crippen LogP contribution in [0.3, 0.4) is 0 Å². The first-order chi connectivity index (χ1) is 13.5. The zero-order valence-corrected chi connectivity index (χ0v) is 17.5. The monoisotopic (exact) mass is 410 g/mol. The molecule has 1 aromatic rings. The lowest BCUT2D eigenvalue weighted by Crippen LogP contribution is -2.44. The average molecular weight is 411 g/mol. The normalized spacial score (nSPS) is 17.9. The van der Waals surface area contributed by atoms with E-state index < -0.39 is 6.03 Å². The second-order valence-corrected chi connectivity index (χ2v) is 8.62. The van der Waals surface area contributed by atoms with E-state index in [1.807, 2.05) is 0 Å². The first kappa shape index (κ1) is 20.9. The molecule has 1 saturated heterocycles. The first-order valence-corrected chi connectivity index (χ1v) is 11.0. The lowest BCUT2D eigenvalue weighted by atomic mass is 10.2. The van der Waals surface area contributed by atoms with E-state index in [2.05, 4.69) is 44.1 Å². The van der Waals surface area contributed by atoms with Gasteiger partial charge in [0.2, 0.25) is 11.9 Å². The van der Waals surface area contributed by atoms with Crippen LogP contribution in [0.4, 0.5) is 10.7 Å². The number of hydrogen-bond donors (Lipinski definition) is 2. The summed E-state index contributed by atoms with van der Waals surface area (Å²) in [7, 11) is 0. The van der Waals surface area contributed by atoms with Crippen molar-refractivity contribution in [1.82, 2.24) is 25.4 Å². The van der Waals surface area contributed by atoms with E-state index >= 15 is 0 Å². The highest BCUT2D eigenvalue weighted by molar-refractivity contribution is 7.99. The Bertz CT molecular complexity index is 668. The van der Waals surface area contributed by atoms with Gasteiger partial charge in [-0.25, -0.2) is 4.79 Å². The third kappa shape index (κ3) is 5.84. The highest BCUT2D eigenvalue weighted by Gasteiger charge is 2.22. The Hall–Kier alpha value is -1.81. The largest absolute Gasteiger partial charge is 0.378 e. The molecule has 10 heteroatoms. The molecule has 2 aliphatic rings. The molecule has 3 amide bonds. The Morgan fingerprint density at radius 2 is 1.93 bits per heavy atom. The second-order valence-electron chi connectivity index (χ2n) is 7.68. The maximum Gasteiger partial charge on any atom is 0.321 e.